The van der Waals surface area contributed by atoms with Crippen LogP contribution in [0.1, 0.15) is 18.4 Å². The average molecular weight is 411 g/mol. The topological polar surface area (TPSA) is 147 Å². The van der Waals surface area contributed by atoms with E-state index in [2.05, 4.69) is 0 Å². The van der Waals surface area contributed by atoms with Crippen LogP contribution >= 0.6 is 0 Å². The highest BCUT2D eigenvalue weighted by Crippen LogP contribution is 2.26. The average Bonchev–Trinajstić information content (AvgIpc) is 2.73. The molecule has 2 aromatic carbocycles. The molecular weight excluding hydrogens is 390 g/mol. The number of ether oxygens (including phenoxy) is 4. The molecule has 0 saturated heterocycles. The number of nitrogen functional groups attached to an aromatic ring is 2. The molecule has 0 aromatic heterocycles. The maximum absolute atomic E-state index is 11.9. The van der Waals surface area contributed by atoms with Gasteiger partial charge in [-0.15, -0.1) is 5.26 Å². The maximum Gasteiger partial charge on any atom is 0.330 e. The Balaban J connectivity index is 1.78. The summed E-state index contributed by atoms with van der Waals surface area (Å²) in [5, 5.41) is 8.53. The Kier molecular flexibility index (Phi) is 8.08. The maximum atomic E-state index is 11.9. The molecule has 0 heterocycles. The van der Waals surface area contributed by atoms with Crippen molar-refractivity contribution in [3.05, 3.63) is 48.0 Å². The lowest BCUT2D eigenvalue weighted by Crippen LogP contribution is -2.11. The summed E-state index contributed by atoms with van der Waals surface area (Å²) in [7, 11) is 1.46. The van der Waals surface area contributed by atoms with E-state index >= 15 is 0 Å². The lowest BCUT2D eigenvalue weighted by atomic mass is 10.2. The quantitative estimate of drug-likeness (QED) is 0.159. The normalized spacial score (nSPS) is 10.3. The van der Waals surface area contributed by atoms with E-state index in [4.69, 9.17) is 35.7 Å². The number of nitrogens with zero attached hydrogens (tertiary/aromatic N) is 1. The van der Waals surface area contributed by atoms with Gasteiger partial charge in [0.05, 0.1) is 19.4 Å². The van der Waals surface area contributed by atoms with Crippen molar-refractivity contribution < 1.29 is 28.5 Å². The molecule has 0 atom stereocenters. The fourth-order valence-electron chi connectivity index (χ4n) is 2.35. The van der Waals surface area contributed by atoms with Crippen molar-refractivity contribution in [2.45, 2.75) is 12.8 Å². The summed E-state index contributed by atoms with van der Waals surface area (Å²) in [6.45, 7) is 0.0385. The largest absolute Gasteiger partial charge is 0.496 e. The molecule has 0 amide bonds. The van der Waals surface area contributed by atoms with Crippen LogP contribution < -0.4 is 25.7 Å². The zero-order chi connectivity index (χ0) is 21.9. The van der Waals surface area contributed by atoms with Gasteiger partial charge in [0, 0.05) is 35.9 Å². The van der Waals surface area contributed by atoms with E-state index in [1.807, 2.05) is 0 Å². The van der Waals surface area contributed by atoms with Gasteiger partial charge in [-0.2, -0.15) is 0 Å². The fourth-order valence-corrected chi connectivity index (χ4v) is 2.35. The van der Waals surface area contributed by atoms with Crippen molar-refractivity contribution in [1.29, 1.82) is 5.26 Å². The number of esters is 2. The summed E-state index contributed by atoms with van der Waals surface area (Å²) in [6.07, 6.45) is 4.63. The molecule has 0 aliphatic carbocycles. The first kappa shape index (κ1) is 22.1. The fraction of sp³-hybridized carbons (Fsp3) is 0.190. The minimum absolute atomic E-state index is 0.0385. The highest BCUT2D eigenvalue weighted by molar-refractivity contribution is 5.87. The number of rotatable bonds is 9. The molecule has 0 unspecified atom stereocenters. The highest BCUT2D eigenvalue weighted by atomic mass is 16.5. The van der Waals surface area contributed by atoms with E-state index in [-0.39, 0.29) is 25.2 Å². The SMILES string of the molecule is COc1cc(OC#N)ccc1/C=C/C(=O)OCCCC(=O)Oc1cc(N)ccc1N. The molecule has 30 heavy (non-hydrogen) atoms. The van der Waals surface area contributed by atoms with Gasteiger partial charge in [-0.05, 0) is 36.8 Å². The number of hydrogen-bond acceptors (Lipinski definition) is 9. The number of nitriles is 1. The van der Waals surface area contributed by atoms with E-state index in [0.717, 1.165) is 0 Å². The number of benzene rings is 2. The molecule has 156 valence electrons. The van der Waals surface area contributed by atoms with E-state index in [1.165, 1.54) is 31.4 Å². The van der Waals surface area contributed by atoms with Gasteiger partial charge in [-0.25, -0.2) is 4.79 Å². The predicted octanol–water partition coefficient (Wildman–Crippen LogP) is 2.66. The van der Waals surface area contributed by atoms with Crippen LogP contribution in [0, 0.1) is 11.5 Å². The van der Waals surface area contributed by atoms with E-state index in [1.54, 1.807) is 30.5 Å². The van der Waals surface area contributed by atoms with Gasteiger partial charge in [-0.3, -0.25) is 4.79 Å². The molecular formula is C21H21N3O6. The summed E-state index contributed by atoms with van der Waals surface area (Å²) in [6, 6.07) is 9.33. The van der Waals surface area contributed by atoms with Crippen LogP contribution in [0.25, 0.3) is 6.08 Å². The summed E-state index contributed by atoms with van der Waals surface area (Å²) in [5.74, 6) is -0.150. The monoisotopic (exact) mass is 411 g/mol. The van der Waals surface area contributed by atoms with Gasteiger partial charge in [0.1, 0.15) is 11.5 Å². The molecule has 4 N–H and O–H groups in total. The zero-order valence-corrected chi connectivity index (χ0v) is 16.3. The first-order valence-corrected chi connectivity index (χ1v) is 8.87. The summed E-state index contributed by atoms with van der Waals surface area (Å²) in [5.41, 5.74) is 12.7. The number of carbonyl (C=O) groups excluding carboxylic acids is 2. The lowest BCUT2D eigenvalue weighted by molar-refractivity contribution is -0.140. The Morgan fingerprint density at radius 3 is 2.67 bits per heavy atom. The molecule has 2 aromatic rings. The second kappa shape index (κ2) is 11.0. The minimum atomic E-state index is -0.581. The summed E-state index contributed by atoms with van der Waals surface area (Å²) >= 11 is 0. The van der Waals surface area contributed by atoms with Gasteiger partial charge < -0.3 is 30.4 Å². The Labute approximate surface area is 173 Å². The summed E-state index contributed by atoms with van der Waals surface area (Å²) in [4.78, 5) is 23.7. The smallest absolute Gasteiger partial charge is 0.330 e. The second-order valence-corrected chi connectivity index (χ2v) is 5.97. The summed E-state index contributed by atoms with van der Waals surface area (Å²) < 4.78 is 20.1. The molecule has 0 bridgehead atoms. The number of carbonyl (C=O) groups is 2. The van der Waals surface area contributed by atoms with Gasteiger partial charge >= 0.3 is 11.9 Å². The van der Waals surface area contributed by atoms with Crippen molar-refractivity contribution in [1.82, 2.24) is 0 Å². The van der Waals surface area contributed by atoms with Crippen molar-refractivity contribution in [2.75, 3.05) is 25.2 Å². The van der Waals surface area contributed by atoms with Crippen molar-refractivity contribution in [3.63, 3.8) is 0 Å². The number of anilines is 2. The second-order valence-electron chi connectivity index (χ2n) is 5.97. The third kappa shape index (κ3) is 6.76. The molecule has 0 aliphatic rings. The van der Waals surface area contributed by atoms with E-state index in [9.17, 15) is 9.59 Å². The van der Waals surface area contributed by atoms with Gasteiger partial charge in [0.15, 0.2) is 5.75 Å². The highest BCUT2D eigenvalue weighted by Gasteiger charge is 2.09. The third-order valence-electron chi connectivity index (χ3n) is 3.80. The van der Waals surface area contributed by atoms with Crippen LogP contribution in [0.5, 0.6) is 17.2 Å². The standard InChI is InChI=1S/C21H21N3O6/c1-27-18-12-16(29-13-22)7-4-14(18)5-9-20(25)28-10-2-3-21(26)30-19-11-15(23)6-8-17(19)24/h4-9,11-12H,2-3,10,23-24H2,1H3/b9-5+. The van der Waals surface area contributed by atoms with Crippen LogP contribution in [0.2, 0.25) is 0 Å². The number of hydrogen-bond donors (Lipinski definition) is 2. The van der Waals surface area contributed by atoms with Crippen molar-refractivity contribution in [3.8, 4) is 23.5 Å². The number of methoxy groups -OCH3 is 1. The van der Waals surface area contributed by atoms with Crippen molar-refractivity contribution >= 4 is 29.4 Å². The Morgan fingerprint density at radius 1 is 1.13 bits per heavy atom. The first-order chi connectivity index (χ1) is 14.4. The van der Waals surface area contributed by atoms with Crippen LogP contribution in [0.3, 0.4) is 0 Å². The minimum Gasteiger partial charge on any atom is -0.496 e. The van der Waals surface area contributed by atoms with Crippen LogP contribution in [0.15, 0.2) is 42.5 Å². The lowest BCUT2D eigenvalue weighted by Gasteiger charge is -2.08. The van der Waals surface area contributed by atoms with Gasteiger partial charge in [0.2, 0.25) is 0 Å². The van der Waals surface area contributed by atoms with Crippen LogP contribution in [0.4, 0.5) is 11.4 Å². The number of nitrogens with two attached hydrogens (primary N) is 2. The molecule has 0 fully saturated rings. The Morgan fingerprint density at radius 2 is 1.93 bits per heavy atom. The van der Waals surface area contributed by atoms with E-state index in [0.29, 0.717) is 28.4 Å². The molecule has 9 heteroatoms. The Hall–Kier alpha value is -4.19. The first-order valence-electron chi connectivity index (χ1n) is 8.87. The molecule has 2 rings (SSSR count). The molecule has 0 spiro atoms. The predicted molar refractivity (Wildman–Crippen MR) is 109 cm³/mol. The van der Waals surface area contributed by atoms with Gasteiger partial charge in [0.25, 0.3) is 6.26 Å². The third-order valence-corrected chi connectivity index (χ3v) is 3.80. The zero-order valence-electron chi connectivity index (χ0n) is 16.3. The van der Waals surface area contributed by atoms with Gasteiger partial charge in [-0.1, -0.05) is 0 Å². The molecule has 0 aliphatic heterocycles. The Bertz CT molecular complexity index is 981. The molecule has 0 saturated carbocycles. The van der Waals surface area contributed by atoms with Crippen LogP contribution in [-0.4, -0.2) is 25.7 Å². The molecule has 9 nitrogen and oxygen atoms in total. The molecule has 0 radical (unpaired) electrons. The van der Waals surface area contributed by atoms with Crippen molar-refractivity contribution in [2.24, 2.45) is 0 Å². The van der Waals surface area contributed by atoms with Crippen LogP contribution in [-0.2, 0) is 14.3 Å². The van der Waals surface area contributed by atoms with E-state index < -0.39 is 11.9 Å².